The first-order valence-electron chi connectivity index (χ1n) is 5.60. The molecule has 0 saturated carbocycles. The molecule has 0 amide bonds. The smallest absolute Gasteiger partial charge is 0.148 e. The molecule has 1 rings (SSSR count). The van der Waals surface area contributed by atoms with E-state index in [1.54, 1.807) is 0 Å². The fraction of sp³-hybridized carbons (Fsp3) is 0.545. The van der Waals surface area contributed by atoms with Crippen LogP contribution in [-0.4, -0.2) is 29.6 Å². The zero-order valence-corrected chi connectivity index (χ0v) is 11.7. The average Bonchev–Trinajstić information content (AvgIpc) is 2.34. The molecule has 92 valence electrons. The largest absolute Gasteiger partial charge is 0.369 e. The van der Waals surface area contributed by atoms with E-state index in [0.717, 1.165) is 29.2 Å². The van der Waals surface area contributed by atoms with Gasteiger partial charge in [-0.25, -0.2) is 9.97 Å². The molecule has 0 unspecified atom stereocenters. The number of nitrogens with zero attached hydrogens (tertiary/aromatic N) is 4. The molecule has 1 aromatic heterocycles. The summed E-state index contributed by atoms with van der Waals surface area (Å²) in [5.41, 5.74) is 0. The average molecular weight is 298 g/mol. The summed E-state index contributed by atoms with van der Waals surface area (Å²) >= 11 is 3.50. The van der Waals surface area contributed by atoms with Crippen LogP contribution < -0.4 is 10.2 Å². The Balaban J connectivity index is 2.95. The molecule has 0 saturated heterocycles. The molecule has 17 heavy (non-hydrogen) atoms. The van der Waals surface area contributed by atoms with Crippen LogP contribution >= 0.6 is 15.9 Å². The number of halogens is 1. The van der Waals surface area contributed by atoms with E-state index in [2.05, 4.69) is 42.2 Å². The Labute approximate surface area is 110 Å². The Morgan fingerprint density at radius 2 is 2.24 bits per heavy atom. The van der Waals surface area contributed by atoms with Gasteiger partial charge in [-0.3, -0.25) is 0 Å². The third-order valence-corrected chi connectivity index (χ3v) is 3.02. The highest BCUT2D eigenvalue weighted by molar-refractivity contribution is 9.10. The quantitative estimate of drug-likeness (QED) is 0.873. The molecule has 6 heteroatoms. The van der Waals surface area contributed by atoms with Gasteiger partial charge in [-0.15, -0.1) is 0 Å². The predicted molar refractivity (Wildman–Crippen MR) is 72.0 cm³/mol. The molecule has 0 atom stereocenters. The lowest BCUT2D eigenvalue weighted by Gasteiger charge is -2.22. The number of aromatic nitrogens is 2. The van der Waals surface area contributed by atoms with Gasteiger partial charge >= 0.3 is 0 Å². The van der Waals surface area contributed by atoms with Crippen molar-refractivity contribution in [2.24, 2.45) is 0 Å². The summed E-state index contributed by atoms with van der Waals surface area (Å²) in [4.78, 5) is 10.5. The lowest BCUT2D eigenvalue weighted by molar-refractivity contribution is 0.804. The van der Waals surface area contributed by atoms with Crippen molar-refractivity contribution in [1.29, 1.82) is 5.26 Å². The summed E-state index contributed by atoms with van der Waals surface area (Å²) in [6.45, 7) is 6.34. The van der Waals surface area contributed by atoms with E-state index < -0.39 is 0 Å². The first-order valence-corrected chi connectivity index (χ1v) is 6.40. The van der Waals surface area contributed by atoms with Gasteiger partial charge in [-0.2, -0.15) is 5.26 Å². The number of rotatable bonds is 6. The molecule has 0 spiro atoms. The van der Waals surface area contributed by atoms with E-state index in [0.29, 0.717) is 13.0 Å². The normalized spacial score (nSPS) is 9.76. The Kier molecular flexibility index (Phi) is 5.70. The second-order valence-corrected chi connectivity index (χ2v) is 4.17. The molecule has 1 heterocycles. The highest BCUT2D eigenvalue weighted by Gasteiger charge is 2.13. The maximum absolute atomic E-state index is 8.63. The fourth-order valence-electron chi connectivity index (χ4n) is 1.47. The minimum Gasteiger partial charge on any atom is -0.369 e. The highest BCUT2D eigenvalue weighted by Crippen LogP contribution is 2.29. The van der Waals surface area contributed by atoms with Crippen LogP contribution in [0.15, 0.2) is 10.8 Å². The van der Waals surface area contributed by atoms with Gasteiger partial charge in [0.15, 0.2) is 0 Å². The van der Waals surface area contributed by atoms with Gasteiger partial charge < -0.3 is 10.2 Å². The number of nitriles is 1. The van der Waals surface area contributed by atoms with Crippen molar-refractivity contribution in [1.82, 2.24) is 9.97 Å². The van der Waals surface area contributed by atoms with Crippen molar-refractivity contribution in [2.45, 2.75) is 20.3 Å². The molecular formula is C11H16BrN5. The molecule has 0 aliphatic rings. The van der Waals surface area contributed by atoms with Crippen LogP contribution in [0.3, 0.4) is 0 Å². The van der Waals surface area contributed by atoms with Gasteiger partial charge in [0.1, 0.15) is 22.4 Å². The van der Waals surface area contributed by atoms with E-state index in [4.69, 9.17) is 5.26 Å². The number of hydrogen-bond donors (Lipinski definition) is 1. The van der Waals surface area contributed by atoms with Crippen LogP contribution in [-0.2, 0) is 0 Å². The molecule has 5 nitrogen and oxygen atoms in total. The van der Waals surface area contributed by atoms with Crippen molar-refractivity contribution in [3.05, 3.63) is 10.8 Å². The number of nitrogens with one attached hydrogen (secondary N) is 1. The van der Waals surface area contributed by atoms with Gasteiger partial charge in [0, 0.05) is 19.6 Å². The van der Waals surface area contributed by atoms with Crippen molar-refractivity contribution < 1.29 is 0 Å². The first-order chi connectivity index (χ1) is 8.24. The third-order valence-electron chi connectivity index (χ3n) is 2.29. The summed E-state index contributed by atoms with van der Waals surface area (Å²) in [6, 6.07) is 2.15. The minimum absolute atomic E-state index is 0.487. The van der Waals surface area contributed by atoms with Crippen molar-refractivity contribution in [2.75, 3.05) is 29.9 Å². The summed E-state index contributed by atoms with van der Waals surface area (Å²) < 4.78 is 0.849. The molecule has 1 N–H and O–H groups in total. The number of anilines is 2. The van der Waals surface area contributed by atoms with Gasteiger partial charge in [-0.05, 0) is 29.8 Å². The summed E-state index contributed by atoms with van der Waals surface area (Å²) in [5, 5.41) is 11.8. The molecule has 0 aromatic carbocycles. The van der Waals surface area contributed by atoms with E-state index >= 15 is 0 Å². The van der Waals surface area contributed by atoms with Crippen molar-refractivity contribution in [3.63, 3.8) is 0 Å². The number of hydrogen-bond acceptors (Lipinski definition) is 5. The van der Waals surface area contributed by atoms with Crippen LogP contribution in [0.4, 0.5) is 11.6 Å². The van der Waals surface area contributed by atoms with Crippen molar-refractivity contribution in [3.8, 4) is 6.07 Å². The predicted octanol–water partition coefficient (Wildman–Crippen LogP) is 2.41. The second kappa shape index (κ2) is 7.07. The van der Waals surface area contributed by atoms with Crippen LogP contribution in [0.5, 0.6) is 0 Å². The molecule has 0 bridgehead atoms. The van der Waals surface area contributed by atoms with E-state index in [9.17, 15) is 0 Å². The maximum Gasteiger partial charge on any atom is 0.148 e. The Hall–Kier alpha value is -1.35. The summed E-state index contributed by atoms with van der Waals surface area (Å²) in [5.74, 6) is 1.61. The second-order valence-electron chi connectivity index (χ2n) is 3.38. The van der Waals surface area contributed by atoms with E-state index in [1.807, 2.05) is 13.8 Å². The fourth-order valence-corrected chi connectivity index (χ4v) is 2.07. The Morgan fingerprint density at radius 1 is 1.47 bits per heavy atom. The third kappa shape index (κ3) is 3.56. The van der Waals surface area contributed by atoms with Crippen molar-refractivity contribution >= 4 is 27.6 Å². The highest BCUT2D eigenvalue weighted by atomic mass is 79.9. The summed E-state index contributed by atoms with van der Waals surface area (Å²) in [7, 11) is 0. The molecule has 0 aliphatic carbocycles. The van der Waals surface area contributed by atoms with Gasteiger partial charge in [0.2, 0.25) is 0 Å². The first kappa shape index (κ1) is 13.7. The molecule has 1 aromatic rings. The van der Waals surface area contributed by atoms with E-state index in [-0.39, 0.29) is 0 Å². The zero-order valence-electron chi connectivity index (χ0n) is 10.1. The monoisotopic (exact) mass is 297 g/mol. The topological polar surface area (TPSA) is 64.8 Å². The van der Waals surface area contributed by atoms with Gasteiger partial charge in [0.25, 0.3) is 0 Å². The lowest BCUT2D eigenvalue weighted by Crippen LogP contribution is -2.25. The van der Waals surface area contributed by atoms with Crippen LogP contribution in [0.1, 0.15) is 20.3 Å². The minimum atomic E-state index is 0.487. The van der Waals surface area contributed by atoms with E-state index in [1.165, 1.54) is 6.33 Å². The Morgan fingerprint density at radius 3 is 2.82 bits per heavy atom. The van der Waals surface area contributed by atoms with Crippen LogP contribution in [0.2, 0.25) is 0 Å². The zero-order chi connectivity index (χ0) is 12.7. The Bertz CT molecular complexity index is 401. The molecule has 0 fully saturated rings. The molecule has 0 aliphatic heterocycles. The standard InChI is InChI=1S/C11H16BrN5/c1-3-14-10-9(12)11(16-8-15-10)17(4-2)7-5-6-13/h8H,3-5,7H2,1-2H3,(H,14,15,16). The molecular weight excluding hydrogens is 282 g/mol. The van der Waals surface area contributed by atoms with Gasteiger partial charge in [-0.1, -0.05) is 0 Å². The molecule has 0 radical (unpaired) electrons. The van der Waals surface area contributed by atoms with Crippen LogP contribution in [0.25, 0.3) is 0 Å². The SMILES string of the molecule is CCNc1ncnc(N(CC)CCC#N)c1Br. The van der Waals surface area contributed by atoms with Gasteiger partial charge in [0.05, 0.1) is 12.5 Å². The van der Waals surface area contributed by atoms with Crippen LogP contribution in [0, 0.1) is 11.3 Å². The summed E-state index contributed by atoms with van der Waals surface area (Å²) in [6.07, 6.45) is 2.02. The maximum atomic E-state index is 8.63. The lowest BCUT2D eigenvalue weighted by atomic mass is 10.3.